The standard InChI is InChI=1S/C12H21NO3/c1-12(2,3)16-11(15)13-10-6-4-5-9(7-10)8-14/h7,9,14H,4-6,8H2,1-3H3,(H,13,15). The van der Waals surface area contributed by atoms with Crippen molar-refractivity contribution in [2.24, 2.45) is 5.92 Å². The summed E-state index contributed by atoms with van der Waals surface area (Å²) < 4.78 is 5.16. The average molecular weight is 227 g/mol. The summed E-state index contributed by atoms with van der Waals surface area (Å²) >= 11 is 0. The molecular weight excluding hydrogens is 206 g/mol. The molecule has 0 aliphatic heterocycles. The van der Waals surface area contributed by atoms with Gasteiger partial charge in [-0.05, 0) is 40.0 Å². The summed E-state index contributed by atoms with van der Waals surface area (Å²) in [6.07, 6.45) is 4.32. The summed E-state index contributed by atoms with van der Waals surface area (Å²) in [5.74, 6) is 0.165. The zero-order chi connectivity index (χ0) is 12.2. The molecule has 2 N–H and O–H groups in total. The molecule has 1 aliphatic carbocycles. The Kier molecular flexibility index (Phi) is 4.35. The average Bonchev–Trinajstić information content (AvgIpc) is 2.15. The predicted octanol–water partition coefficient (Wildman–Crippen LogP) is 2.19. The van der Waals surface area contributed by atoms with E-state index < -0.39 is 11.7 Å². The molecule has 0 spiro atoms. The Morgan fingerprint density at radius 3 is 2.88 bits per heavy atom. The molecular formula is C12H21NO3. The van der Waals surface area contributed by atoms with Crippen LogP contribution in [0.1, 0.15) is 40.0 Å². The van der Waals surface area contributed by atoms with Crippen LogP contribution >= 0.6 is 0 Å². The van der Waals surface area contributed by atoms with Crippen molar-refractivity contribution in [1.82, 2.24) is 5.32 Å². The molecule has 0 aromatic heterocycles. The van der Waals surface area contributed by atoms with Crippen molar-refractivity contribution in [3.05, 3.63) is 11.8 Å². The molecule has 92 valence electrons. The molecule has 16 heavy (non-hydrogen) atoms. The Bertz CT molecular complexity index is 278. The van der Waals surface area contributed by atoms with Crippen molar-refractivity contribution in [3.63, 3.8) is 0 Å². The first-order valence-electron chi connectivity index (χ1n) is 5.72. The second-order valence-corrected chi connectivity index (χ2v) is 5.15. The topological polar surface area (TPSA) is 58.6 Å². The van der Waals surface area contributed by atoms with Gasteiger partial charge in [0.25, 0.3) is 0 Å². The van der Waals surface area contributed by atoms with Crippen LogP contribution in [0.5, 0.6) is 0 Å². The minimum Gasteiger partial charge on any atom is -0.444 e. The monoisotopic (exact) mass is 227 g/mol. The van der Waals surface area contributed by atoms with Gasteiger partial charge in [-0.15, -0.1) is 0 Å². The highest BCUT2D eigenvalue weighted by Gasteiger charge is 2.19. The second-order valence-electron chi connectivity index (χ2n) is 5.15. The van der Waals surface area contributed by atoms with Crippen LogP contribution in [-0.4, -0.2) is 23.4 Å². The van der Waals surface area contributed by atoms with Gasteiger partial charge in [-0.25, -0.2) is 4.79 Å². The fourth-order valence-electron chi connectivity index (χ4n) is 1.69. The number of nitrogens with one attached hydrogen (secondary N) is 1. The lowest BCUT2D eigenvalue weighted by molar-refractivity contribution is 0.0542. The molecule has 0 bridgehead atoms. The van der Waals surface area contributed by atoms with Crippen LogP contribution in [0.2, 0.25) is 0 Å². The smallest absolute Gasteiger partial charge is 0.411 e. The molecule has 4 heteroatoms. The zero-order valence-corrected chi connectivity index (χ0v) is 10.2. The zero-order valence-electron chi connectivity index (χ0n) is 10.2. The van der Waals surface area contributed by atoms with Gasteiger partial charge in [0, 0.05) is 18.2 Å². The third-order valence-corrected chi connectivity index (χ3v) is 2.35. The first-order chi connectivity index (χ1) is 7.40. The Hall–Kier alpha value is -1.03. The van der Waals surface area contributed by atoms with E-state index in [0.717, 1.165) is 25.0 Å². The minimum absolute atomic E-state index is 0.138. The van der Waals surface area contributed by atoms with E-state index in [1.807, 2.05) is 26.8 Å². The van der Waals surface area contributed by atoms with Crippen molar-refractivity contribution in [3.8, 4) is 0 Å². The second kappa shape index (κ2) is 5.34. The number of hydrogen-bond acceptors (Lipinski definition) is 3. The van der Waals surface area contributed by atoms with Gasteiger partial charge in [0.05, 0.1) is 0 Å². The van der Waals surface area contributed by atoms with Gasteiger partial charge in [-0.3, -0.25) is 5.32 Å². The maximum absolute atomic E-state index is 11.5. The lowest BCUT2D eigenvalue weighted by Gasteiger charge is -2.23. The Morgan fingerprint density at radius 2 is 2.31 bits per heavy atom. The highest BCUT2D eigenvalue weighted by atomic mass is 16.6. The number of carbonyl (C=O) groups is 1. The molecule has 4 nitrogen and oxygen atoms in total. The van der Waals surface area contributed by atoms with Gasteiger partial charge in [0.2, 0.25) is 0 Å². The first-order valence-corrected chi connectivity index (χ1v) is 5.72. The largest absolute Gasteiger partial charge is 0.444 e. The highest BCUT2D eigenvalue weighted by molar-refractivity contribution is 5.70. The maximum atomic E-state index is 11.5. The molecule has 0 saturated heterocycles. The molecule has 1 unspecified atom stereocenters. The summed E-state index contributed by atoms with van der Waals surface area (Å²) in [7, 11) is 0. The fourth-order valence-corrected chi connectivity index (χ4v) is 1.69. The van der Waals surface area contributed by atoms with E-state index in [1.54, 1.807) is 0 Å². The number of alkyl carbamates (subject to hydrolysis) is 1. The van der Waals surface area contributed by atoms with E-state index in [4.69, 9.17) is 9.84 Å². The van der Waals surface area contributed by atoms with Crippen LogP contribution < -0.4 is 5.32 Å². The van der Waals surface area contributed by atoms with Crippen LogP contribution in [0, 0.1) is 5.92 Å². The van der Waals surface area contributed by atoms with Gasteiger partial charge in [-0.2, -0.15) is 0 Å². The molecule has 1 rings (SSSR count). The van der Waals surface area contributed by atoms with Crippen LogP contribution in [0.25, 0.3) is 0 Å². The minimum atomic E-state index is -0.476. The lowest BCUT2D eigenvalue weighted by Crippen LogP contribution is -2.33. The van der Waals surface area contributed by atoms with E-state index >= 15 is 0 Å². The summed E-state index contributed by atoms with van der Waals surface area (Å²) in [6.45, 7) is 5.63. The third-order valence-electron chi connectivity index (χ3n) is 2.35. The Labute approximate surface area is 96.7 Å². The van der Waals surface area contributed by atoms with E-state index in [-0.39, 0.29) is 12.5 Å². The van der Waals surface area contributed by atoms with E-state index in [0.29, 0.717) is 0 Å². The van der Waals surface area contributed by atoms with Crippen molar-refractivity contribution in [2.75, 3.05) is 6.61 Å². The van der Waals surface area contributed by atoms with Crippen molar-refractivity contribution in [1.29, 1.82) is 0 Å². The summed E-state index contributed by atoms with van der Waals surface area (Å²) in [5.41, 5.74) is 0.384. The van der Waals surface area contributed by atoms with Crippen molar-refractivity contribution < 1.29 is 14.6 Å². The van der Waals surface area contributed by atoms with Gasteiger partial charge in [0.15, 0.2) is 0 Å². The molecule has 0 fully saturated rings. The number of hydrogen-bond donors (Lipinski definition) is 2. The number of amides is 1. The summed E-state index contributed by atoms with van der Waals surface area (Å²) in [4.78, 5) is 11.5. The first kappa shape index (κ1) is 13.0. The molecule has 0 aromatic carbocycles. The SMILES string of the molecule is CC(C)(C)OC(=O)NC1=CC(CO)CCC1. The van der Waals surface area contributed by atoms with Crippen LogP contribution in [0.4, 0.5) is 4.79 Å². The summed E-state index contributed by atoms with van der Waals surface area (Å²) in [5, 5.41) is 11.8. The normalized spacial score (nSPS) is 21.2. The molecule has 1 aliphatic rings. The maximum Gasteiger partial charge on any atom is 0.411 e. The Morgan fingerprint density at radius 1 is 1.62 bits per heavy atom. The number of aliphatic hydroxyl groups is 1. The molecule has 1 atom stereocenters. The third kappa shape index (κ3) is 4.66. The molecule has 0 saturated carbocycles. The fraction of sp³-hybridized carbons (Fsp3) is 0.750. The highest BCUT2D eigenvalue weighted by Crippen LogP contribution is 2.21. The number of carbonyl (C=O) groups excluding carboxylic acids is 1. The molecule has 1 amide bonds. The summed E-state index contributed by atoms with van der Waals surface area (Å²) in [6, 6.07) is 0. The van der Waals surface area contributed by atoms with E-state index in [9.17, 15) is 4.79 Å². The molecule has 0 heterocycles. The number of ether oxygens (including phenoxy) is 1. The number of aliphatic hydroxyl groups excluding tert-OH is 1. The number of allylic oxidation sites excluding steroid dienone is 1. The predicted molar refractivity (Wildman–Crippen MR) is 61.9 cm³/mol. The van der Waals surface area contributed by atoms with E-state index in [1.165, 1.54) is 0 Å². The Balaban J connectivity index is 2.47. The van der Waals surface area contributed by atoms with Crippen molar-refractivity contribution in [2.45, 2.75) is 45.6 Å². The van der Waals surface area contributed by atoms with Gasteiger partial charge < -0.3 is 9.84 Å². The number of rotatable bonds is 2. The van der Waals surface area contributed by atoms with Crippen LogP contribution in [-0.2, 0) is 4.74 Å². The van der Waals surface area contributed by atoms with Gasteiger partial charge in [-0.1, -0.05) is 6.08 Å². The molecule has 0 aromatic rings. The van der Waals surface area contributed by atoms with Gasteiger partial charge in [0.1, 0.15) is 5.60 Å². The van der Waals surface area contributed by atoms with E-state index in [2.05, 4.69) is 5.32 Å². The van der Waals surface area contributed by atoms with Crippen molar-refractivity contribution >= 4 is 6.09 Å². The lowest BCUT2D eigenvalue weighted by atomic mass is 9.94. The molecule has 0 radical (unpaired) electrons. The van der Waals surface area contributed by atoms with Gasteiger partial charge >= 0.3 is 6.09 Å². The quantitative estimate of drug-likeness (QED) is 0.760. The van der Waals surface area contributed by atoms with Crippen LogP contribution in [0.15, 0.2) is 11.8 Å². The van der Waals surface area contributed by atoms with Crippen LogP contribution in [0.3, 0.4) is 0 Å².